The third-order valence-electron chi connectivity index (χ3n) is 2.75. The highest BCUT2D eigenvalue weighted by Gasteiger charge is 2.25. The van der Waals surface area contributed by atoms with E-state index in [1.165, 1.54) is 32.1 Å². The summed E-state index contributed by atoms with van der Waals surface area (Å²) >= 11 is 0. The molecule has 1 aliphatic carbocycles. The van der Waals surface area contributed by atoms with E-state index in [0.717, 1.165) is 12.3 Å². The van der Waals surface area contributed by atoms with Crippen LogP contribution in [-0.4, -0.2) is 10.9 Å². The molecular formula is C10H20O2. The Kier molecular flexibility index (Phi) is 3.53. The number of hydrogen-bond donors (Lipinski definition) is 1. The van der Waals surface area contributed by atoms with Gasteiger partial charge < -0.3 is 0 Å². The van der Waals surface area contributed by atoms with Gasteiger partial charge in [0.1, 0.15) is 0 Å². The summed E-state index contributed by atoms with van der Waals surface area (Å²) in [7, 11) is 0. The van der Waals surface area contributed by atoms with E-state index in [1.54, 1.807) is 0 Å². The average molecular weight is 172 g/mol. The minimum atomic E-state index is -0.345. The van der Waals surface area contributed by atoms with Crippen LogP contribution in [0.25, 0.3) is 0 Å². The second-order valence-corrected chi connectivity index (χ2v) is 4.56. The van der Waals surface area contributed by atoms with Crippen molar-refractivity contribution >= 4 is 0 Å². The zero-order chi connectivity index (χ0) is 9.03. The molecule has 1 aliphatic rings. The summed E-state index contributed by atoms with van der Waals surface area (Å²) in [6, 6.07) is 0. The molecule has 0 aromatic carbocycles. The summed E-state index contributed by atoms with van der Waals surface area (Å²) in [5.74, 6) is 0.765. The van der Waals surface area contributed by atoms with Crippen LogP contribution in [0.3, 0.4) is 0 Å². The maximum Gasteiger partial charge on any atom is 0.0980 e. The van der Waals surface area contributed by atoms with Gasteiger partial charge in [-0.3, -0.25) is 5.26 Å². The van der Waals surface area contributed by atoms with Crippen molar-refractivity contribution < 1.29 is 10.1 Å². The third-order valence-corrected chi connectivity index (χ3v) is 2.75. The van der Waals surface area contributed by atoms with E-state index in [-0.39, 0.29) is 5.60 Å². The molecule has 0 aromatic rings. The monoisotopic (exact) mass is 172 g/mol. The van der Waals surface area contributed by atoms with E-state index in [2.05, 4.69) is 4.89 Å². The standard InChI is InChI=1S/C10H20O2/c1-10(2,12-11)8-9-6-4-3-5-7-9/h9,11H,3-8H2,1-2H3. The summed E-state index contributed by atoms with van der Waals surface area (Å²) in [6.45, 7) is 3.89. The van der Waals surface area contributed by atoms with Gasteiger partial charge >= 0.3 is 0 Å². The molecule has 0 atom stereocenters. The first-order valence-electron chi connectivity index (χ1n) is 4.96. The lowest BCUT2D eigenvalue weighted by Gasteiger charge is -2.29. The van der Waals surface area contributed by atoms with E-state index in [0.29, 0.717) is 0 Å². The maximum atomic E-state index is 8.62. The summed E-state index contributed by atoms with van der Waals surface area (Å²) in [6.07, 6.45) is 7.71. The highest BCUT2D eigenvalue weighted by molar-refractivity contribution is 4.75. The summed E-state index contributed by atoms with van der Waals surface area (Å²) in [5, 5.41) is 8.62. The molecule has 0 spiro atoms. The second-order valence-electron chi connectivity index (χ2n) is 4.56. The Balaban J connectivity index is 2.28. The first kappa shape index (κ1) is 10.0. The Morgan fingerprint density at radius 3 is 2.33 bits per heavy atom. The predicted molar refractivity (Wildman–Crippen MR) is 49.0 cm³/mol. The zero-order valence-corrected chi connectivity index (χ0v) is 8.18. The Labute approximate surface area is 74.9 Å². The van der Waals surface area contributed by atoms with Gasteiger partial charge in [-0.2, -0.15) is 0 Å². The van der Waals surface area contributed by atoms with E-state index < -0.39 is 0 Å². The molecule has 0 saturated heterocycles. The SMILES string of the molecule is CC(C)(CC1CCCCC1)OO. The van der Waals surface area contributed by atoms with E-state index >= 15 is 0 Å². The summed E-state index contributed by atoms with van der Waals surface area (Å²) in [4.78, 5) is 4.44. The van der Waals surface area contributed by atoms with Gasteiger partial charge in [0.15, 0.2) is 0 Å². The molecule has 1 N–H and O–H groups in total. The van der Waals surface area contributed by atoms with Crippen molar-refractivity contribution in [2.24, 2.45) is 5.92 Å². The third kappa shape index (κ3) is 3.11. The Morgan fingerprint density at radius 1 is 1.25 bits per heavy atom. The van der Waals surface area contributed by atoms with Crippen LogP contribution in [-0.2, 0) is 4.89 Å². The molecule has 0 radical (unpaired) electrons. The van der Waals surface area contributed by atoms with Gasteiger partial charge in [0.25, 0.3) is 0 Å². The first-order chi connectivity index (χ1) is 5.64. The number of hydrogen-bond acceptors (Lipinski definition) is 2. The Morgan fingerprint density at radius 2 is 1.83 bits per heavy atom. The van der Waals surface area contributed by atoms with Gasteiger partial charge in [0.05, 0.1) is 5.60 Å². The van der Waals surface area contributed by atoms with Crippen molar-refractivity contribution in [2.45, 2.75) is 58.0 Å². The molecule has 1 fully saturated rings. The molecule has 0 heterocycles. The van der Waals surface area contributed by atoms with Crippen molar-refractivity contribution in [3.8, 4) is 0 Å². The van der Waals surface area contributed by atoms with Crippen LogP contribution in [0.2, 0.25) is 0 Å². The Bertz CT molecular complexity index is 126. The van der Waals surface area contributed by atoms with Crippen LogP contribution >= 0.6 is 0 Å². The molecule has 72 valence electrons. The fourth-order valence-electron chi connectivity index (χ4n) is 2.12. The van der Waals surface area contributed by atoms with E-state index in [9.17, 15) is 0 Å². The van der Waals surface area contributed by atoms with Crippen molar-refractivity contribution in [1.82, 2.24) is 0 Å². The minimum absolute atomic E-state index is 0.345. The molecule has 0 bridgehead atoms. The summed E-state index contributed by atoms with van der Waals surface area (Å²) in [5.41, 5.74) is -0.345. The smallest absolute Gasteiger partial charge is 0.0980 e. The molecular weight excluding hydrogens is 152 g/mol. The van der Waals surface area contributed by atoms with Crippen molar-refractivity contribution in [1.29, 1.82) is 0 Å². The van der Waals surface area contributed by atoms with Crippen LogP contribution < -0.4 is 0 Å². The highest BCUT2D eigenvalue weighted by Crippen LogP contribution is 2.31. The molecule has 2 heteroatoms. The minimum Gasteiger partial charge on any atom is -0.251 e. The quantitative estimate of drug-likeness (QED) is 0.523. The molecule has 0 aromatic heterocycles. The fourth-order valence-corrected chi connectivity index (χ4v) is 2.12. The lowest BCUT2D eigenvalue weighted by molar-refractivity contribution is -0.316. The van der Waals surface area contributed by atoms with E-state index in [1.807, 2.05) is 13.8 Å². The average Bonchev–Trinajstić information content (AvgIpc) is 2.06. The molecule has 0 aliphatic heterocycles. The normalized spacial score (nSPS) is 21.2. The van der Waals surface area contributed by atoms with Crippen molar-refractivity contribution in [2.75, 3.05) is 0 Å². The first-order valence-corrected chi connectivity index (χ1v) is 4.96. The summed E-state index contributed by atoms with van der Waals surface area (Å²) < 4.78 is 0. The molecule has 1 rings (SSSR count). The van der Waals surface area contributed by atoms with E-state index in [4.69, 9.17) is 5.26 Å². The molecule has 0 amide bonds. The molecule has 12 heavy (non-hydrogen) atoms. The second kappa shape index (κ2) is 4.24. The van der Waals surface area contributed by atoms with Crippen molar-refractivity contribution in [3.05, 3.63) is 0 Å². The fraction of sp³-hybridized carbons (Fsp3) is 1.00. The topological polar surface area (TPSA) is 29.5 Å². The Hall–Kier alpha value is -0.0800. The molecule has 0 unspecified atom stereocenters. The highest BCUT2D eigenvalue weighted by atomic mass is 17.1. The van der Waals surface area contributed by atoms with Crippen LogP contribution in [0.15, 0.2) is 0 Å². The molecule has 1 saturated carbocycles. The lowest BCUT2D eigenvalue weighted by Crippen LogP contribution is -2.27. The molecule has 2 nitrogen and oxygen atoms in total. The van der Waals surface area contributed by atoms with Crippen molar-refractivity contribution in [3.63, 3.8) is 0 Å². The zero-order valence-electron chi connectivity index (χ0n) is 8.18. The van der Waals surface area contributed by atoms with Gasteiger partial charge in [-0.05, 0) is 26.2 Å². The number of rotatable bonds is 3. The van der Waals surface area contributed by atoms with Crippen LogP contribution in [0.1, 0.15) is 52.4 Å². The van der Waals surface area contributed by atoms with Crippen LogP contribution in [0, 0.1) is 5.92 Å². The van der Waals surface area contributed by atoms with Gasteiger partial charge in [-0.25, -0.2) is 4.89 Å². The lowest BCUT2D eigenvalue weighted by atomic mass is 9.82. The predicted octanol–water partition coefficient (Wildman–Crippen LogP) is 3.23. The maximum absolute atomic E-state index is 8.62. The van der Waals surface area contributed by atoms with Crippen LogP contribution in [0.5, 0.6) is 0 Å². The van der Waals surface area contributed by atoms with Gasteiger partial charge in [-0.15, -0.1) is 0 Å². The largest absolute Gasteiger partial charge is 0.251 e. The van der Waals surface area contributed by atoms with Gasteiger partial charge in [-0.1, -0.05) is 32.1 Å². The van der Waals surface area contributed by atoms with Crippen LogP contribution in [0.4, 0.5) is 0 Å². The van der Waals surface area contributed by atoms with Gasteiger partial charge in [0, 0.05) is 0 Å². The van der Waals surface area contributed by atoms with Gasteiger partial charge in [0.2, 0.25) is 0 Å².